The number of nitrogens with one attached hydrogen (secondary N) is 2. The number of aliphatic imine (C=N–C) groups is 1. The normalized spacial score (nSPS) is 10.8. The molecular formula is C21H29FIN3O3S. The van der Waals surface area contributed by atoms with Gasteiger partial charge in [0.25, 0.3) is 0 Å². The summed E-state index contributed by atoms with van der Waals surface area (Å²) in [7, 11) is 6.51. The predicted molar refractivity (Wildman–Crippen MR) is 131 cm³/mol. The van der Waals surface area contributed by atoms with Crippen molar-refractivity contribution in [1.82, 2.24) is 10.6 Å². The molecule has 0 radical (unpaired) electrons. The van der Waals surface area contributed by atoms with Crippen LogP contribution in [0.4, 0.5) is 4.39 Å². The first-order valence-corrected chi connectivity index (χ1v) is 10.2. The second-order valence-electron chi connectivity index (χ2n) is 6.04. The lowest BCUT2D eigenvalue weighted by atomic mass is 10.2. The minimum atomic E-state index is -0.210. The van der Waals surface area contributed by atoms with E-state index in [1.165, 1.54) is 12.1 Å². The molecule has 0 aliphatic carbocycles. The van der Waals surface area contributed by atoms with E-state index in [0.29, 0.717) is 29.8 Å². The van der Waals surface area contributed by atoms with E-state index in [1.807, 2.05) is 12.1 Å². The van der Waals surface area contributed by atoms with Gasteiger partial charge in [0.15, 0.2) is 17.5 Å². The standard InChI is InChI=1S/C21H28FN3O3S.HI/c1-23-21(24-10-5-11-29-17-8-6-16(22)7-9-17)25-14-15-12-18(26-2)20(28-4)19(13-15)27-3;/h6-9,12-13H,5,10-11,14H2,1-4H3,(H2,23,24,25);1H. The molecule has 2 rings (SSSR count). The van der Waals surface area contributed by atoms with E-state index in [-0.39, 0.29) is 29.8 Å². The fraction of sp³-hybridized carbons (Fsp3) is 0.381. The third-order valence-electron chi connectivity index (χ3n) is 4.10. The molecule has 0 aliphatic heterocycles. The van der Waals surface area contributed by atoms with Crippen molar-refractivity contribution < 1.29 is 18.6 Å². The molecule has 0 saturated heterocycles. The van der Waals surface area contributed by atoms with Gasteiger partial charge in [-0.05, 0) is 54.1 Å². The van der Waals surface area contributed by atoms with Crippen molar-refractivity contribution in [3.05, 3.63) is 47.8 Å². The summed E-state index contributed by atoms with van der Waals surface area (Å²) >= 11 is 1.70. The Morgan fingerprint density at radius 2 is 1.63 bits per heavy atom. The van der Waals surface area contributed by atoms with Gasteiger partial charge in [-0.2, -0.15) is 0 Å². The molecule has 0 unspecified atom stereocenters. The van der Waals surface area contributed by atoms with Crippen LogP contribution in [0.2, 0.25) is 0 Å². The number of benzene rings is 2. The molecule has 2 aromatic rings. The van der Waals surface area contributed by atoms with Crippen LogP contribution in [0.15, 0.2) is 46.3 Å². The molecule has 0 amide bonds. The van der Waals surface area contributed by atoms with Crippen molar-refractivity contribution in [2.24, 2.45) is 4.99 Å². The van der Waals surface area contributed by atoms with Crippen LogP contribution < -0.4 is 24.8 Å². The molecular weight excluding hydrogens is 520 g/mol. The van der Waals surface area contributed by atoms with Crippen LogP contribution in [0.25, 0.3) is 0 Å². The lowest BCUT2D eigenvalue weighted by Crippen LogP contribution is -2.37. The summed E-state index contributed by atoms with van der Waals surface area (Å²) in [5, 5.41) is 6.57. The van der Waals surface area contributed by atoms with Crippen molar-refractivity contribution in [2.75, 3.05) is 40.7 Å². The number of ether oxygens (including phenoxy) is 3. The quantitative estimate of drug-likeness (QED) is 0.151. The molecule has 0 aliphatic rings. The van der Waals surface area contributed by atoms with Crippen molar-refractivity contribution >= 4 is 41.7 Å². The van der Waals surface area contributed by atoms with Crippen LogP contribution in [0, 0.1) is 5.82 Å². The monoisotopic (exact) mass is 549 g/mol. The first-order valence-electron chi connectivity index (χ1n) is 9.23. The van der Waals surface area contributed by atoms with Crippen LogP contribution in [-0.2, 0) is 6.54 Å². The summed E-state index contributed by atoms with van der Waals surface area (Å²) in [5.74, 6) is 3.24. The lowest BCUT2D eigenvalue weighted by Gasteiger charge is -2.16. The van der Waals surface area contributed by atoms with E-state index in [1.54, 1.807) is 52.3 Å². The second kappa shape index (κ2) is 14.2. The topological polar surface area (TPSA) is 64.1 Å². The largest absolute Gasteiger partial charge is 0.493 e. The van der Waals surface area contributed by atoms with Crippen LogP contribution in [0.5, 0.6) is 17.2 Å². The van der Waals surface area contributed by atoms with Crippen molar-refractivity contribution in [3.8, 4) is 17.2 Å². The molecule has 0 bridgehead atoms. The zero-order valence-electron chi connectivity index (χ0n) is 17.7. The Labute approximate surface area is 199 Å². The number of hydrogen-bond donors (Lipinski definition) is 2. The molecule has 0 aromatic heterocycles. The maximum absolute atomic E-state index is 12.9. The Kier molecular flexibility index (Phi) is 12.4. The Morgan fingerprint density at radius 3 is 2.17 bits per heavy atom. The molecule has 2 aromatic carbocycles. The minimum Gasteiger partial charge on any atom is -0.493 e. The summed E-state index contributed by atoms with van der Waals surface area (Å²) in [6.45, 7) is 1.34. The molecule has 6 nitrogen and oxygen atoms in total. The van der Waals surface area contributed by atoms with Gasteiger partial charge in [0.1, 0.15) is 5.82 Å². The van der Waals surface area contributed by atoms with Crippen molar-refractivity contribution in [1.29, 1.82) is 0 Å². The smallest absolute Gasteiger partial charge is 0.203 e. The molecule has 0 atom stereocenters. The number of guanidine groups is 1. The summed E-state index contributed by atoms with van der Waals surface area (Å²) in [4.78, 5) is 5.31. The van der Waals surface area contributed by atoms with Gasteiger partial charge in [-0.25, -0.2) is 4.39 Å². The SMILES string of the molecule is CN=C(NCCCSc1ccc(F)cc1)NCc1cc(OC)c(OC)c(OC)c1.I. The number of rotatable bonds is 10. The highest BCUT2D eigenvalue weighted by Crippen LogP contribution is 2.38. The number of methoxy groups -OCH3 is 3. The highest BCUT2D eigenvalue weighted by atomic mass is 127. The molecule has 30 heavy (non-hydrogen) atoms. The van der Waals surface area contributed by atoms with Crippen LogP contribution in [-0.4, -0.2) is 46.6 Å². The summed E-state index contributed by atoms with van der Waals surface area (Å²) < 4.78 is 29.0. The second-order valence-corrected chi connectivity index (χ2v) is 7.21. The number of thioether (sulfide) groups is 1. The molecule has 0 saturated carbocycles. The molecule has 2 N–H and O–H groups in total. The van der Waals surface area contributed by atoms with Gasteiger partial charge < -0.3 is 24.8 Å². The zero-order valence-corrected chi connectivity index (χ0v) is 20.8. The maximum atomic E-state index is 12.9. The van der Waals surface area contributed by atoms with Crippen LogP contribution in [0.3, 0.4) is 0 Å². The molecule has 0 fully saturated rings. The third kappa shape index (κ3) is 8.10. The van der Waals surface area contributed by atoms with Gasteiger partial charge in [-0.1, -0.05) is 0 Å². The molecule has 166 valence electrons. The van der Waals surface area contributed by atoms with Crippen LogP contribution in [0.1, 0.15) is 12.0 Å². The fourth-order valence-electron chi connectivity index (χ4n) is 2.64. The van der Waals surface area contributed by atoms with E-state index in [0.717, 1.165) is 29.2 Å². The van der Waals surface area contributed by atoms with Crippen molar-refractivity contribution in [3.63, 3.8) is 0 Å². The highest BCUT2D eigenvalue weighted by molar-refractivity contribution is 14.0. The van der Waals surface area contributed by atoms with E-state index in [2.05, 4.69) is 15.6 Å². The Hall–Kier alpha value is -1.88. The van der Waals surface area contributed by atoms with Gasteiger partial charge in [-0.15, -0.1) is 35.7 Å². The predicted octanol–water partition coefficient (Wildman–Crippen LogP) is 4.32. The zero-order chi connectivity index (χ0) is 21.1. The first kappa shape index (κ1) is 26.2. The van der Waals surface area contributed by atoms with Crippen LogP contribution >= 0.6 is 35.7 Å². The average molecular weight is 549 g/mol. The fourth-order valence-corrected chi connectivity index (χ4v) is 3.50. The van der Waals surface area contributed by atoms with Gasteiger partial charge in [0, 0.05) is 25.0 Å². The van der Waals surface area contributed by atoms with E-state index < -0.39 is 0 Å². The number of nitrogens with zero attached hydrogens (tertiary/aromatic N) is 1. The van der Waals surface area contributed by atoms with Gasteiger partial charge in [0.05, 0.1) is 21.3 Å². The number of hydrogen-bond acceptors (Lipinski definition) is 5. The maximum Gasteiger partial charge on any atom is 0.203 e. The molecule has 0 heterocycles. The Balaban J connectivity index is 0.00000450. The van der Waals surface area contributed by atoms with E-state index in [4.69, 9.17) is 14.2 Å². The highest BCUT2D eigenvalue weighted by Gasteiger charge is 2.13. The summed E-state index contributed by atoms with van der Waals surface area (Å²) in [6.07, 6.45) is 0.951. The lowest BCUT2D eigenvalue weighted by molar-refractivity contribution is 0.323. The first-order chi connectivity index (χ1) is 14.1. The molecule has 9 heteroatoms. The summed E-state index contributed by atoms with van der Waals surface area (Å²) in [5.41, 5.74) is 0.981. The average Bonchev–Trinajstić information content (AvgIpc) is 2.75. The van der Waals surface area contributed by atoms with Crippen molar-refractivity contribution in [2.45, 2.75) is 17.9 Å². The number of halogens is 2. The van der Waals surface area contributed by atoms with Gasteiger partial charge in [0.2, 0.25) is 5.75 Å². The van der Waals surface area contributed by atoms with Gasteiger partial charge >= 0.3 is 0 Å². The third-order valence-corrected chi connectivity index (χ3v) is 5.20. The van der Waals surface area contributed by atoms with E-state index in [9.17, 15) is 4.39 Å². The van der Waals surface area contributed by atoms with E-state index >= 15 is 0 Å². The Bertz CT molecular complexity index is 782. The van der Waals surface area contributed by atoms with Gasteiger partial charge in [-0.3, -0.25) is 4.99 Å². The summed E-state index contributed by atoms with van der Waals surface area (Å²) in [6, 6.07) is 10.4. The molecule has 0 spiro atoms. The minimum absolute atomic E-state index is 0. The Morgan fingerprint density at radius 1 is 1.00 bits per heavy atom.